The first-order valence-corrected chi connectivity index (χ1v) is 7.39. The second-order valence-corrected chi connectivity index (χ2v) is 5.74. The van der Waals surface area contributed by atoms with Crippen LogP contribution in [0.1, 0.15) is 25.2 Å². The molecule has 0 saturated carbocycles. The monoisotopic (exact) mass is 341 g/mol. The highest BCUT2D eigenvalue weighted by molar-refractivity contribution is 5.69. The van der Waals surface area contributed by atoms with Crippen LogP contribution in [0.15, 0.2) is 40.8 Å². The summed E-state index contributed by atoms with van der Waals surface area (Å²) in [6.45, 7) is 3.85. The van der Waals surface area contributed by atoms with Gasteiger partial charge in [0.05, 0.1) is 18.7 Å². The largest absolute Gasteiger partial charge is 0.480 e. The Morgan fingerprint density at radius 3 is 2.54 bits per heavy atom. The molecular weight excluding hydrogens is 323 g/mol. The maximum Gasteiger partial charge on any atom is 0.416 e. The van der Waals surface area contributed by atoms with E-state index in [0.717, 1.165) is 12.1 Å². The van der Waals surface area contributed by atoms with Gasteiger partial charge in [-0.3, -0.25) is 9.69 Å². The number of carbonyl (C=O) groups is 1. The highest BCUT2D eigenvalue weighted by atomic mass is 19.4. The molecule has 0 aliphatic rings. The van der Waals surface area contributed by atoms with Gasteiger partial charge in [-0.25, -0.2) is 0 Å². The summed E-state index contributed by atoms with van der Waals surface area (Å²) >= 11 is 0. The molecule has 0 radical (unpaired) electrons. The van der Waals surface area contributed by atoms with Crippen LogP contribution in [0.3, 0.4) is 0 Å². The van der Waals surface area contributed by atoms with E-state index in [0.29, 0.717) is 17.1 Å². The van der Waals surface area contributed by atoms with Gasteiger partial charge >= 0.3 is 12.1 Å². The zero-order valence-electron chi connectivity index (χ0n) is 13.3. The molecule has 0 atom stereocenters. The van der Waals surface area contributed by atoms with Crippen molar-refractivity contribution in [3.8, 4) is 11.3 Å². The summed E-state index contributed by atoms with van der Waals surface area (Å²) < 4.78 is 43.9. The molecule has 7 heteroatoms. The smallest absolute Gasteiger partial charge is 0.416 e. The lowest BCUT2D eigenvalue weighted by molar-refractivity contribution is -0.139. The molecule has 0 unspecified atom stereocenters. The standard InChI is InChI=1S/C17H18F3NO3/c1-11(2)21(10-16(22)23)9-14-6-7-15(24-14)12-4-3-5-13(8-12)17(18,19)20/h3-8,11H,9-10H2,1-2H3,(H,22,23). The number of hydrogen-bond acceptors (Lipinski definition) is 3. The SMILES string of the molecule is CC(C)N(CC(=O)O)Cc1ccc(-c2cccc(C(F)(F)F)c2)o1. The van der Waals surface area contributed by atoms with Gasteiger partial charge in [-0.2, -0.15) is 13.2 Å². The van der Waals surface area contributed by atoms with Crippen LogP contribution in [-0.2, 0) is 17.5 Å². The number of furan rings is 1. The first-order valence-electron chi connectivity index (χ1n) is 7.39. The number of aliphatic carboxylic acids is 1. The molecule has 1 aromatic heterocycles. The van der Waals surface area contributed by atoms with Crippen LogP contribution in [-0.4, -0.2) is 28.6 Å². The average molecular weight is 341 g/mol. The van der Waals surface area contributed by atoms with Crippen LogP contribution in [0.25, 0.3) is 11.3 Å². The van der Waals surface area contributed by atoms with Gasteiger partial charge in [-0.1, -0.05) is 12.1 Å². The third kappa shape index (κ3) is 4.61. The van der Waals surface area contributed by atoms with E-state index >= 15 is 0 Å². The number of halogens is 3. The summed E-state index contributed by atoms with van der Waals surface area (Å²) in [7, 11) is 0. The summed E-state index contributed by atoms with van der Waals surface area (Å²) in [5, 5.41) is 8.92. The van der Waals surface area contributed by atoms with E-state index in [1.54, 1.807) is 17.0 Å². The number of benzene rings is 1. The van der Waals surface area contributed by atoms with Gasteiger partial charge in [-0.15, -0.1) is 0 Å². The van der Waals surface area contributed by atoms with Crippen LogP contribution >= 0.6 is 0 Å². The van der Waals surface area contributed by atoms with Gasteiger partial charge in [0.15, 0.2) is 0 Å². The Morgan fingerprint density at radius 2 is 1.96 bits per heavy atom. The summed E-state index contributed by atoms with van der Waals surface area (Å²) in [5.74, 6) is -0.138. The van der Waals surface area contributed by atoms with Gasteiger partial charge in [0.25, 0.3) is 0 Å². The van der Waals surface area contributed by atoms with Crippen molar-refractivity contribution in [2.75, 3.05) is 6.54 Å². The van der Waals surface area contributed by atoms with Gasteiger partial charge < -0.3 is 9.52 Å². The Kier molecular flexibility index (Phi) is 5.33. The molecule has 24 heavy (non-hydrogen) atoms. The Labute approximate surface area is 137 Å². The number of carboxylic acid groups (broad SMARTS) is 1. The lowest BCUT2D eigenvalue weighted by Crippen LogP contribution is -2.34. The lowest BCUT2D eigenvalue weighted by atomic mass is 10.1. The molecule has 1 aromatic carbocycles. The van der Waals surface area contributed by atoms with Gasteiger partial charge in [0.1, 0.15) is 11.5 Å². The molecule has 0 aliphatic heterocycles. The fourth-order valence-electron chi connectivity index (χ4n) is 2.26. The van der Waals surface area contributed by atoms with Crippen LogP contribution in [0.5, 0.6) is 0 Å². The number of nitrogens with zero attached hydrogens (tertiary/aromatic N) is 1. The number of carboxylic acids is 1. The third-order valence-corrected chi connectivity index (χ3v) is 3.56. The molecule has 0 aliphatic carbocycles. The lowest BCUT2D eigenvalue weighted by Gasteiger charge is -2.23. The van der Waals surface area contributed by atoms with Crippen molar-refractivity contribution >= 4 is 5.97 Å². The second kappa shape index (κ2) is 7.09. The fraction of sp³-hybridized carbons (Fsp3) is 0.353. The van der Waals surface area contributed by atoms with Gasteiger partial charge in [-0.05, 0) is 38.1 Å². The molecule has 1 N–H and O–H groups in total. The van der Waals surface area contributed by atoms with Crippen molar-refractivity contribution in [3.63, 3.8) is 0 Å². The van der Waals surface area contributed by atoms with Gasteiger partial charge in [0, 0.05) is 11.6 Å². The highest BCUT2D eigenvalue weighted by Gasteiger charge is 2.30. The average Bonchev–Trinajstić information content (AvgIpc) is 2.94. The van der Waals surface area contributed by atoms with E-state index in [9.17, 15) is 18.0 Å². The minimum absolute atomic E-state index is 0.0109. The molecule has 130 valence electrons. The Bertz CT molecular complexity index is 707. The topological polar surface area (TPSA) is 53.7 Å². The van der Waals surface area contributed by atoms with Crippen molar-refractivity contribution in [3.05, 3.63) is 47.7 Å². The van der Waals surface area contributed by atoms with Crippen LogP contribution in [0, 0.1) is 0 Å². The van der Waals surface area contributed by atoms with Gasteiger partial charge in [0.2, 0.25) is 0 Å². The van der Waals surface area contributed by atoms with Crippen molar-refractivity contribution < 1.29 is 27.5 Å². The molecule has 0 amide bonds. The molecule has 2 aromatic rings. The summed E-state index contributed by atoms with van der Waals surface area (Å²) in [4.78, 5) is 12.6. The Morgan fingerprint density at radius 1 is 1.25 bits per heavy atom. The van der Waals surface area contributed by atoms with E-state index < -0.39 is 17.7 Å². The van der Waals surface area contributed by atoms with Crippen molar-refractivity contribution in [1.29, 1.82) is 0 Å². The predicted octanol–water partition coefficient (Wildman–Crippen LogP) is 4.26. The third-order valence-electron chi connectivity index (χ3n) is 3.56. The normalized spacial score (nSPS) is 12.1. The van der Waals surface area contributed by atoms with E-state index in [1.165, 1.54) is 12.1 Å². The van der Waals surface area contributed by atoms with Crippen LogP contribution in [0.4, 0.5) is 13.2 Å². The fourth-order valence-corrected chi connectivity index (χ4v) is 2.26. The minimum Gasteiger partial charge on any atom is -0.480 e. The maximum atomic E-state index is 12.8. The minimum atomic E-state index is -4.42. The summed E-state index contributed by atoms with van der Waals surface area (Å²) in [5.41, 5.74) is -0.418. The zero-order valence-corrected chi connectivity index (χ0v) is 13.3. The predicted molar refractivity (Wildman–Crippen MR) is 82.3 cm³/mol. The molecule has 0 bridgehead atoms. The first kappa shape index (κ1) is 18.1. The first-order chi connectivity index (χ1) is 11.2. The molecule has 0 fully saturated rings. The molecule has 2 rings (SSSR count). The molecule has 1 heterocycles. The number of alkyl halides is 3. The van der Waals surface area contributed by atoms with Crippen molar-refractivity contribution in [2.24, 2.45) is 0 Å². The zero-order chi connectivity index (χ0) is 17.9. The summed E-state index contributed by atoms with van der Waals surface area (Å²) in [6, 6.07) is 8.11. The Hall–Kier alpha value is -2.28. The quantitative estimate of drug-likeness (QED) is 0.853. The van der Waals surface area contributed by atoms with E-state index in [4.69, 9.17) is 9.52 Å². The summed E-state index contributed by atoms with van der Waals surface area (Å²) in [6.07, 6.45) is -4.42. The molecule has 0 saturated heterocycles. The van der Waals surface area contributed by atoms with E-state index in [2.05, 4.69) is 0 Å². The second-order valence-electron chi connectivity index (χ2n) is 5.74. The van der Waals surface area contributed by atoms with Crippen LogP contribution in [0.2, 0.25) is 0 Å². The van der Waals surface area contributed by atoms with E-state index in [1.807, 2.05) is 13.8 Å². The van der Waals surface area contributed by atoms with Crippen molar-refractivity contribution in [1.82, 2.24) is 4.90 Å². The molecular formula is C17H18F3NO3. The molecule has 4 nitrogen and oxygen atoms in total. The number of rotatable bonds is 6. The van der Waals surface area contributed by atoms with E-state index in [-0.39, 0.29) is 19.1 Å². The Balaban J connectivity index is 2.20. The van der Waals surface area contributed by atoms with Crippen molar-refractivity contribution in [2.45, 2.75) is 32.6 Å². The maximum absolute atomic E-state index is 12.8. The number of hydrogen-bond donors (Lipinski definition) is 1. The highest BCUT2D eigenvalue weighted by Crippen LogP contribution is 2.32. The van der Waals surface area contributed by atoms with Crippen LogP contribution < -0.4 is 0 Å². The molecule has 0 spiro atoms.